The maximum absolute atomic E-state index is 11.1. The first-order chi connectivity index (χ1) is 10.1. The van der Waals surface area contributed by atoms with Crippen LogP contribution in [-0.4, -0.2) is 27.9 Å². The summed E-state index contributed by atoms with van der Waals surface area (Å²) in [6.07, 6.45) is 2.05. The Morgan fingerprint density at radius 2 is 2.19 bits per heavy atom. The second-order valence-corrected chi connectivity index (χ2v) is 6.13. The summed E-state index contributed by atoms with van der Waals surface area (Å²) in [6.45, 7) is 0.689. The van der Waals surface area contributed by atoms with Crippen molar-refractivity contribution >= 4 is 34.2 Å². The number of rotatable bonds is 4. The number of carbonyl (C=O) groups excluding carboxylic acids is 1. The highest BCUT2D eigenvalue weighted by molar-refractivity contribution is 7.09. The first kappa shape index (κ1) is 14.3. The van der Waals surface area contributed by atoms with E-state index >= 15 is 0 Å². The largest absolute Gasteiger partial charge is 0.548 e. The molecule has 1 atom stereocenters. The average molecular weight is 323 g/mol. The summed E-state index contributed by atoms with van der Waals surface area (Å²) in [5, 5.41) is 12.5. The average Bonchev–Trinajstić information content (AvgIpc) is 3.09. The van der Waals surface area contributed by atoms with Crippen LogP contribution in [0.1, 0.15) is 24.2 Å². The van der Waals surface area contributed by atoms with Crippen LogP contribution in [0.2, 0.25) is 5.02 Å². The van der Waals surface area contributed by atoms with Crippen LogP contribution in [-0.2, 0) is 11.2 Å². The van der Waals surface area contributed by atoms with E-state index in [0.29, 0.717) is 35.4 Å². The molecule has 1 aliphatic rings. The van der Waals surface area contributed by atoms with Crippen molar-refractivity contribution in [1.29, 1.82) is 0 Å². The van der Waals surface area contributed by atoms with E-state index < -0.39 is 12.0 Å². The highest BCUT2D eigenvalue weighted by Gasteiger charge is 2.28. The van der Waals surface area contributed by atoms with Crippen LogP contribution in [0.3, 0.4) is 0 Å². The topological polar surface area (TPSA) is 69.2 Å². The van der Waals surface area contributed by atoms with Gasteiger partial charge in [-0.05, 0) is 30.5 Å². The van der Waals surface area contributed by atoms with E-state index in [0.717, 1.165) is 12.0 Å². The van der Waals surface area contributed by atoms with Crippen molar-refractivity contribution < 1.29 is 9.90 Å². The molecule has 2 heterocycles. The molecule has 1 fully saturated rings. The first-order valence-electron chi connectivity index (χ1n) is 6.68. The van der Waals surface area contributed by atoms with Gasteiger partial charge in [-0.1, -0.05) is 23.7 Å². The second-order valence-electron chi connectivity index (χ2n) is 4.97. The molecule has 0 saturated carbocycles. The van der Waals surface area contributed by atoms with Crippen molar-refractivity contribution in [2.45, 2.75) is 25.3 Å². The van der Waals surface area contributed by atoms with Crippen molar-refractivity contribution in [1.82, 2.24) is 9.36 Å². The third-order valence-electron chi connectivity index (χ3n) is 3.50. The number of halogens is 1. The molecule has 0 amide bonds. The van der Waals surface area contributed by atoms with Gasteiger partial charge in [-0.3, -0.25) is 0 Å². The molecule has 5 nitrogen and oxygen atoms in total. The van der Waals surface area contributed by atoms with Gasteiger partial charge in [0.25, 0.3) is 0 Å². The zero-order chi connectivity index (χ0) is 14.8. The number of aromatic nitrogens is 2. The number of nitrogens with zero attached hydrogens (tertiary/aromatic N) is 3. The number of anilines is 1. The van der Waals surface area contributed by atoms with E-state index in [-0.39, 0.29) is 0 Å². The lowest BCUT2D eigenvalue weighted by Crippen LogP contribution is -2.44. The number of hydrogen-bond acceptors (Lipinski definition) is 6. The molecule has 0 aliphatic carbocycles. The Kier molecular flexibility index (Phi) is 4.07. The van der Waals surface area contributed by atoms with Crippen LogP contribution < -0.4 is 10.0 Å². The molecule has 0 unspecified atom stereocenters. The Labute approximate surface area is 131 Å². The van der Waals surface area contributed by atoms with E-state index in [1.54, 1.807) is 4.90 Å². The lowest BCUT2D eigenvalue weighted by Gasteiger charge is -2.23. The van der Waals surface area contributed by atoms with Crippen LogP contribution in [0.4, 0.5) is 5.13 Å². The molecule has 0 spiro atoms. The second kappa shape index (κ2) is 5.99. The standard InChI is InChI=1S/C14H14ClN3O2S/c15-10-5-3-9(4-6-10)8-12-16-14(21-17-12)18-7-1-2-11(18)13(19)20/h3-6,11H,1-2,7-8H2,(H,19,20)/p-1/t11-/m1/s1. The summed E-state index contributed by atoms with van der Waals surface area (Å²) in [6, 6.07) is 6.94. The Morgan fingerprint density at radius 3 is 2.90 bits per heavy atom. The molecule has 7 heteroatoms. The van der Waals surface area contributed by atoms with Crippen LogP contribution in [0, 0.1) is 0 Å². The van der Waals surface area contributed by atoms with Crippen molar-refractivity contribution in [3.8, 4) is 0 Å². The predicted molar refractivity (Wildman–Crippen MR) is 79.5 cm³/mol. The van der Waals surface area contributed by atoms with Crippen molar-refractivity contribution in [2.24, 2.45) is 0 Å². The number of aliphatic carboxylic acids is 1. The van der Waals surface area contributed by atoms with Gasteiger partial charge in [0.2, 0.25) is 5.13 Å². The number of hydrogen-bond donors (Lipinski definition) is 0. The summed E-state index contributed by atoms with van der Waals surface area (Å²) >= 11 is 7.09. The van der Waals surface area contributed by atoms with E-state index in [1.165, 1.54) is 11.5 Å². The maximum Gasteiger partial charge on any atom is 0.205 e. The molecule has 1 aromatic heterocycles. The molecule has 0 N–H and O–H groups in total. The molecule has 2 aromatic rings. The summed E-state index contributed by atoms with van der Waals surface area (Å²) < 4.78 is 4.31. The Morgan fingerprint density at radius 1 is 1.43 bits per heavy atom. The minimum atomic E-state index is -1.04. The molecule has 1 aromatic carbocycles. The molecule has 1 aliphatic heterocycles. The summed E-state index contributed by atoms with van der Waals surface area (Å²) in [5.41, 5.74) is 1.07. The fourth-order valence-electron chi connectivity index (χ4n) is 2.46. The SMILES string of the molecule is O=C([O-])[C@H]1CCCN1c1nc(Cc2ccc(Cl)cc2)ns1. The Bertz CT molecular complexity index is 644. The third kappa shape index (κ3) is 3.16. The van der Waals surface area contributed by atoms with E-state index in [2.05, 4.69) is 9.36 Å². The third-order valence-corrected chi connectivity index (χ3v) is 4.55. The minimum absolute atomic E-state index is 0.582. The zero-order valence-corrected chi connectivity index (χ0v) is 12.7. The molecule has 0 radical (unpaired) electrons. The van der Waals surface area contributed by atoms with E-state index in [9.17, 15) is 9.90 Å². The van der Waals surface area contributed by atoms with Gasteiger partial charge >= 0.3 is 0 Å². The van der Waals surface area contributed by atoms with Crippen molar-refractivity contribution in [3.63, 3.8) is 0 Å². The molecule has 110 valence electrons. The fraction of sp³-hybridized carbons (Fsp3) is 0.357. The van der Waals surface area contributed by atoms with Crippen LogP contribution in [0.25, 0.3) is 0 Å². The predicted octanol–water partition coefficient (Wildman–Crippen LogP) is 1.50. The number of carbonyl (C=O) groups is 1. The van der Waals surface area contributed by atoms with Gasteiger partial charge in [-0.15, -0.1) is 0 Å². The van der Waals surface area contributed by atoms with Crippen LogP contribution >= 0.6 is 23.1 Å². The summed E-state index contributed by atoms with van der Waals surface area (Å²) in [5.74, 6) is -0.344. The van der Waals surface area contributed by atoms with Crippen LogP contribution in [0.5, 0.6) is 0 Å². The number of carboxylic acid groups (broad SMARTS) is 1. The molecular weight excluding hydrogens is 310 g/mol. The van der Waals surface area contributed by atoms with E-state index in [1.807, 2.05) is 24.3 Å². The molecule has 0 bridgehead atoms. The van der Waals surface area contributed by atoms with Crippen molar-refractivity contribution in [2.75, 3.05) is 11.4 Å². The molecular formula is C14H13ClN3O2S-. The van der Waals surface area contributed by atoms with Crippen molar-refractivity contribution in [3.05, 3.63) is 40.7 Å². The van der Waals surface area contributed by atoms with Crippen LogP contribution in [0.15, 0.2) is 24.3 Å². The maximum atomic E-state index is 11.1. The van der Waals surface area contributed by atoms with Gasteiger partial charge in [-0.2, -0.15) is 4.37 Å². The van der Waals surface area contributed by atoms with Gasteiger partial charge in [0.05, 0.1) is 12.0 Å². The van der Waals surface area contributed by atoms with Gasteiger partial charge in [-0.25, -0.2) is 4.98 Å². The highest BCUT2D eigenvalue weighted by Crippen LogP contribution is 2.27. The van der Waals surface area contributed by atoms with Gasteiger partial charge < -0.3 is 14.8 Å². The van der Waals surface area contributed by atoms with E-state index in [4.69, 9.17) is 11.6 Å². The number of carboxylic acids is 1. The molecule has 21 heavy (non-hydrogen) atoms. The monoisotopic (exact) mass is 322 g/mol. The quantitative estimate of drug-likeness (QED) is 0.853. The lowest BCUT2D eigenvalue weighted by atomic mass is 10.1. The summed E-state index contributed by atoms with van der Waals surface area (Å²) in [4.78, 5) is 17.3. The van der Waals surface area contributed by atoms with Gasteiger partial charge in [0, 0.05) is 29.5 Å². The van der Waals surface area contributed by atoms with Gasteiger partial charge in [0.15, 0.2) is 0 Å². The smallest absolute Gasteiger partial charge is 0.205 e. The Hall–Kier alpha value is -1.66. The first-order valence-corrected chi connectivity index (χ1v) is 7.83. The Balaban J connectivity index is 1.74. The zero-order valence-electron chi connectivity index (χ0n) is 11.2. The molecule has 3 rings (SSSR count). The highest BCUT2D eigenvalue weighted by atomic mass is 35.5. The normalized spacial score (nSPS) is 18.1. The fourth-order valence-corrected chi connectivity index (χ4v) is 3.35. The number of benzene rings is 1. The summed E-state index contributed by atoms with van der Waals surface area (Å²) in [7, 11) is 0. The lowest BCUT2D eigenvalue weighted by molar-refractivity contribution is -0.307. The minimum Gasteiger partial charge on any atom is -0.548 e. The van der Waals surface area contributed by atoms with Gasteiger partial charge in [0.1, 0.15) is 5.82 Å². The molecule has 1 saturated heterocycles.